The molecule has 0 radical (unpaired) electrons. The molecule has 0 atom stereocenters. The zero-order chi connectivity index (χ0) is 16.7. The highest BCUT2D eigenvalue weighted by Gasteiger charge is 2.07. The monoisotopic (exact) mass is 312 g/mol. The van der Waals surface area contributed by atoms with Crippen LogP contribution in [0.4, 0.5) is 0 Å². The Hall–Kier alpha value is -2.40. The lowest BCUT2D eigenvalue weighted by Crippen LogP contribution is -2.16. The maximum absolute atomic E-state index is 7.55. The molecule has 4 N–H and O–H groups in total. The summed E-state index contributed by atoms with van der Waals surface area (Å²) < 4.78 is 5.80. The fourth-order valence-electron chi connectivity index (χ4n) is 2.10. The van der Waals surface area contributed by atoms with Gasteiger partial charge in [0.15, 0.2) is 0 Å². The summed E-state index contributed by atoms with van der Waals surface area (Å²) in [5.74, 6) is 1.91. The van der Waals surface area contributed by atoms with Crippen LogP contribution in [0.1, 0.15) is 31.4 Å². The Morgan fingerprint density at radius 1 is 1.26 bits per heavy atom. The second-order valence-corrected chi connectivity index (χ2v) is 5.89. The van der Waals surface area contributed by atoms with Crippen molar-refractivity contribution in [1.29, 1.82) is 5.41 Å². The zero-order valence-corrected chi connectivity index (χ0v) is 13.7. The van der Waals surface area contributed by atoms with Crippen molar-refractivity contribution in [2.75, 3.05) is 6.54 Å². The minimum Gasteiger partial charge on any atom is -0.456 e. The smallest absolute Gasteiger partial charge is 0.141 e. The van der Waals surface area contributed by atoms with Gasteiger partial charge in [0.25, 0.3) is 0 Å². The van der Waals surface area contributed by atoms with E-state index >= 15 is 0 Å². The molecule has 0 unspecified atom stereocenters. The van der Waals surface area contributed by atoms with Gasteiger partial charge in [-0.2, -0.15) is 0 Å². The number of amidine groups is 1. The van der Waals surface area contributed by atoms with Crippen molar-refractivity contribution in [2.45, 2.75) is 26.8 Å². The molecule has 0 bridgehead atoms. The minimum atomic E-state index is -0.0564. The average molecular weight is 312 g/mol. The second-order valence-electron chi connectivity index (χ2n) is 5.89. The predicted molar refractivity (Wildman–Crippen MR) is 92.9 cm³/mol. The van der Waals surface area contributed by atoms with Crippen LogP contribution < -0.4 is 15.8 Å². The van der Waals surface area contributed by atoms with Crippen molar-refractivity contribution in [1.82, 2.24) is 10.3 Å². The van der Waals surface area contributed by atoms with Gasteiger partial charge in [-0.25, -0.2) is 0 Å². The fourth-order valence-corrected chi connectivity index (χ4v) is 2.10. The summed E-state index contributed by atoms with van der Waals surface area (Å²) in [7, 11) is 0. The van der Waals surface area contributed by atoms with E-state index in [1.807, 2.05) is 24.3 Å². The summed E-state index contributed by atoms with van der Waals surface area (Å²) in [6, 6.07) is 9.62. The Labute approximate surface area is 137 Å². The van der Waals surface area contributed by atoms with Crippen molar-refractivity contribution < 1.29 is 4.74 Å². The van der Waals surface area contributed by atoms with E-state index in [1.165, 1.54) is 18.2 Å². The van der Waals surface area contributed by atoms with Gasteiger partial charge in [-0.1, -0.05) is 26.0 Å². The molecule has 0 aliphatic rings. The fraction of sp³-hybridized carbons (Fsp3) is 0.333. The Kier molecular flexibility index (Phi) is 6.11. The molecule has 0 aliphatic heterocycles. The van der Waals surface area contributed by atoms with E-state index in [9.17, 15) is 0 Å². The van der Waals surface area contributed by atoms with Gasteiger partial charge in [0.05, 0.1) is 5.56 Å². The predicted octanol–water partition coefficient (Wildman–Crippen LogP) is 3.29. The van der Waals surface area contributed by atoms with Crippen LogP contribution in [0.2, 0.25) is 0 Å². The number of hydrogen-bond donors (Lipinski definition) is 3. The van der Waals surface area contributed by atoms with Gasteiger partial charge in [0, 0.05) is 18.9 Å². The van der Waals surface area contributed by atoms with Gasteiger partial charge in [0.1, 0.15) is 17.3 Å². The first-order valence-electron chi connectivity index (χ1n) is 7.82. The zero-order valence-electron chi connectivity index (χ0n) is 13.7. The number of rotatable bonds is 8. The van der Waals surface area contributed by atoms with Crippen LogP contribution in [0.5, 0.6) is 11.5 Å². The van der Waals surface area contributed by atoms with Crippen molar-refractivity contribution in [2.24, 2.45) is 11.7 Å². The van der Waals surface area contributed by atoms with Crippen molar-refractivity contribution in [3.05, 3.63) is 53.9 Å². The third kappa shape index (κ3) is 5.38. The molecule has 2 aromatic rings. The topological polar surface area (TPSA) is 84.0 Å². The van der Waals surface area contributed by atoms with Crippen LogP contribution in [-0.4, -0.2) is 17.4 Å². The molecule has 0 amide bonds. The SMILES string of the molecule is CC(C)CCNCc1ccc(Oc2ccncc2C(=N)N)cc1. The largest absolute Gasteiger partial charge is 0.456 e. The summed E-state index contributed by atoms with van der Waals surface area (Å²) in [5.41, 5.74) is 7.24. The Morgan fingerprint density at radius 3 is 2.65 bits per heavy atom. The molecule has 122 valence electrons. The molecule has 0 saturated carbocycles. The number of pyridine rings is 1. The van der Waals surface area contributed by atoms with Gasteiger partial charge < -0.3 is 15.8 Å². The van der Waals surface area contributed by atoms with E-state index in [0.29, 0.717) is 23.0 Å². The second kappa shape index (κ2) is 8.29. The van der Waals surface area contributed by atoms with Gasteiger partial charge in [-0.15, -0.1) is 0 Å². The quantitative estimate of drug-likeness (QED) is 0.397. The molecule has 2 rings (SSSR count). The van der Waals surface area contributed by atoms with E-state index in [4.69, 9.17) is 15.9 Å². The lowest BCUT2D eigenvalue weighted by atomic mass is 10.1. The number of nitrogens with zero attached hydrogens (tertiary/aromatic N) is 1. The molecule has 1 heterocycles. The molecular weight excluding hydrogens is 288 g/mol. The van der Waals surface area contributed by atoms with E-state index in [0.717, 1.165) is 13.1 Å². The molecule has 0 aliphatic carbocycles. The normalized spacial score (nSPS) is 10.7. The summed E-state index contributed by atoms with van der Waals surface area (Å²) in [4.78, 5) is 3.97. The van der Waals surface area contributed by atoms with Crippen molar-refractivity contribution >= 4 is 5.84 Å². The molecule has 23 heavy (non-hydrogen) atoms. The first kappa shape index (κ1) is 17.0. The van der Waals surface area contributed by atoms with Crippen molar-refractivity contribution in [3.63, 3.8) is 0 Å². The third-order valence-corrected chi connectivity index (χ3v) is 3.45. The number of nitrogens with two attached hydrogens (primary N) is 1. The number of benzene rings is 1. The van der Waals surface area contributed by atoms with Crippen LogP contribution in [0.15, 0.2) is 42.7 Å². The van der Waals surface area contributed by atoms with E-state index in [-0.39, 0.29) is 5.84 Å². The molecule has 1 aromatic heterocycles. The highest BCUT2D eigenvalue weighted by molar-refractivity contribution is 5.97. The Bertz CT molecular complexity index is 638. The number of ether oxygens (including phenoxy) is 1. The molecule has 0 saturated heterocycles. The van der Waals surface area contributed by atoms with Gasteiger partial charge in [-0.3, -0.25) is 10.4 Å². The molecule has 0 fully saturated rings. The van der Waals surface area contributed by atoms with E-state index in [2.05, 4.69) is 24.1 Å². The van der Waals surface area contributed by atoms with Gasteiger partial charge in [-0.05, 0) is 42.6 Å². The van der Waals surface area contributed by atoms with Gasteiger partial charge >= 0.3 is 0 Å². The first-order chi connectivity index (χ1) is 11.1. The number of nitrogen functional groups attached to an aromatic ring is 1. The van der Waals surface area contributed by atoms with Crippen molar-refractivity contribution in [3.8, 4) is 11.5 Å². The van der Waals surface area contributed by atoms with Crippen LogP contribution in [0.25, 0.3) is 0 Å². The highest BCUT2D eigenvalue weighted by Crippen LogP contribution is 2.24. The van der Waals surface area contributed by atoms with Crippen LogP contribution in [0, 0.1) is 11.3 Å². The third-order valence-electron chi connectivity index (χ3n) is 3.45. The number of nitrogens with one attached hydrogen (secondary N) is 2. The summed E-state index contributed by atoms with van der Waals surface area (Å²) in [5, 5.41) is 11.0. The van der Waals surface area contributed by atoms with Crippen LogP contribution in [-0.2, 0) is 6.54 Å². The average Bonchev–Trinajstić information content (AvgIpc) is 2.53. The molecule has 1 aromatic carbocycles. The maximum Gasteiger partial charge on any atom is 0.141 e. The summed E-state index contributed by atoms with van der Waals surface area (Å²) in [6.45, 7) is 6.32. The standard InChI is InChI=1S/C18H24N4O/c1-13(2)7-9-21-11-14-3-5-15(6-4-14)23-17-8-10-22-12-16(17)18(19)20/h3-6,8,10,12-13,21H,7,9,11H2,1-2H3,(H3,19,20). The van der Waals surface area contributed by atoms with E-state index < -0.39 is 0 Å². The summed E-state index contributed by atoms with van der Waals surface area (Å²) in [6.07, 6.45) is 4.33. The van der Waals surface area contributed by atoms with Crippen LogP contribution >= 0.6 is 0 Å². The lowest BCUT2D eigenvalue weighted by Gasteiger charge is -2.11. The molecule has 5 nitrogen and oxygen atoms in total. The highest BCUT2D eigenvalue weighted by atomic mass is 16.5. The molecule has 5 heteroatoms. The summed E-state index contributed by atoms with van der Waals surface area (Å²) >= 11 is 0. The minimum absolute atomic E-state index is 0.0564. The lowest BCUT2D eigenvalue weighted by molar-refractivity contribution is 0.480. The Morgan fingerprint density at radius 2 is 2.00 bits per heavy atom. The maximum atomic E-state index is 7.55. The van der Waals surface area contributed by atoms with E-state index in [1.54, 1.807) is 12.3 Å². The first-order valence-corrected chi connectivity index (χ1v) is 7.82. The van der Waals surface area contributed by atoms with Gasteiger partial charge in [0.2, 0.25) is 0 Å². The Balaban J connectivity index is 1.94. The number of hydrogen-bond acceptors (Lipinski definition) is 4. The number of aromatic nitrogens is 1. The van der Waals surface area contributed by atoms with Crippen LogP contribution in [0.3, 0.4) is 0 Å². The molecule has 0 spiro atoms. The molecular formula is C18H24N4O.